The number of hydrogen-bond acceptors (Lipinski definition) is 1. The molecule has 50 heavy (non-hydrogen) atoms. The lowest BCUT2D eigenvalue weighted by Crippen LogP contribution is -1.94. The van der Waals surface area contributed by atoms with Crippen molar-refractivity contribution in [3.05, 3.63) is 176 Å². The van der Waals surface area contributed by atoms with Gasteiger partial charge in [0.2, 0.25) is 0 Å². The first-order valence-corrected chi connectivity index (χ1v) is 17.2. The highest BCUT2D eigenvalue weighted by molar-refractivity contribution is 6.29. The van der Waals surface area contributed by atoms with Gasteiger partial charge >= 0.3 is 0 Å². The molecule has 11 rings (SSSR count). The highest BCUT2D eigenvalue weighted by Crippen LogP contribution is 2.43. The second-order valence-corrected chi connectivity index (χ2v) is 13.1. The van der Waals surface area contributed by atoms with Crippen molar-refractivity contribution in [2.75, 3.05) is 0 Å². The van der Waals surface area contributed by atoms with Crippen molar-refractivity contribution in [1.82, 2.24) is 14.1 Å². The molecule has 0 aliphatic rings. The van der Waals surface area contributed by atoms with E-state index in [4.69, 9.17) is 4.98 Å². The fourth-order valence-corrected chi connectivity index (χ4v) is 8.36. The van der Waals surface area contributed by atoms with E-state index in [-0.39, 0.29) is 0 Å². The smallest absolute Gasteiger partial charge is 0.0794 e. The van der Waals surface area contributed by atoms with Gasteiger partial charge in [0.25, 0.3) is 0 Å². The molecule has 3 nitrogen and oxygen atoms in total. The van der Waals surface area contributed by atoms with Crippen molar-refractivity contribution in [1.29, 1.82) is 0 Å². The van der Waals surface area contributed by atoms with Gasteiger partial charge < -0.3 is 9.13 Å². The monoisotopic (exact) mass is 635 g/mol. The Labute approximate surface area is 287 Å². The summed E-state index contributed by atoms with van der Waals surface area (Å²) in [6.07, 6.45) is 0. The van der Waals surface area contributed by atoms with E-state index in [1.807, 2.05) is 0 Å². The molecule has 3 heteroatoms. The van der Waals surface area contributed by atoms with Gasteiger partial charge in [0.05, 0.1) is 33.3 Å². The predicted octanol–water partition coefficient (Wildman–Crippen LogP) is 12.4. The van der Waals surface area contributed by atoms with Crippen LogP contribution in [0.3, 0.4) is 0 Å². The maximum Gasteiger partial charge on any atom is 0.0794 e. The summed E-state index contributed by atoms with van der Waals surface area (Å²) in [6, 6.07) is 63.5. The Morgan fingerprint density at radius 1 is 0.320 bits per heavy atom. The lowest BCUT2D eigenvalue weighted by Gasteiger charge is -2.11. The van der Waals surface area contributed by atoms with Gasteiger partial charge in [-0.2, -0.15) is 0 Å². The van der Waals surface area contributed by atoms with Crippen molar-refractivity contribution in [3.8, 4) is 22.6 Å². The molecule has 232 valence electrons. The van der Waals surface area contributed by atoms with Gasteiger partial charge in [0.15, 0.2) is 0 Å². The second-order valence-electron chi connectivity index (χ2n) is 13.1. The van der Waals surface area contributed by atoms with Crippen LogP contribution < -0.4 is 0 Å². The molecule has 11 aromatic rings. The largest absolute Gasteiger partial charge is 0.309 e. The molecule has 0 spiro atoms. The number of aromatic nitrogens is 3. The van der Waals surface area contributed by atoms with E-state index >= 15 is 0 Å². The summed E-state index contributed by atoms with van der Waals surface area (Å²) in [5.41, 5.74) is 10.2. The summed E-state index contributed by atoms with van der Waals surface area (Å²) >= 11 is 0. The topological polar surface area (TPSA) is 22.8 Å². The number of rotatable bonds is 3. The third kappa shape index (κ3) is 3.77. The van der Waals surface area contributed by atoms with Crippen LogP contribution in [-0.4, -0.2) is 14.1 Å². The predicted molar refractivity (Wildman–Crippen MR) is 211 cm³/mol. The molecule has 0 unspecified atom stereocenters. The van der Waals surface area contributed by atoms with Gasteiger partial charge in [-0.05, 0) is 82.9 Å². The molecular weight excluding hydrogens is 607 g/mol. The zero-order chi connectivity index (χ0) is 32.8. The molecule has 0 N–H and O–H groups in total. The summed E-state index contributed by atoms with van der Waals surface area (Å²) in [6.45, 7) is 0. The van der Waals surface area contributed by atoms with E-state index in [9.17, 15) is 0 Å². The molecular formula is C47H29N3. The molecule has 0 aliphatic carbocycles. The molecule has 0 radical (unpaired) electrons. The van der Waals surface area contributed by atoms with E-state index < -0.39 is 0 Å². The molecule has 0 fully saturated rings. The lowest BCUT2D eigenvalue weighted by atomic mass is 9.96. The highest BCUT2D eigenvalue weighted by atomic mass is 15.0. The fraction of sp³-hybridized carbons (Fsp3) is 0. The van der Waals surface area contributed by atoms with Gasteiger partial charge in [0.1, 0.15) is 0 Å². The second kappa shape index (κ2) is 10.4. The average molecular weight is 636 g/mol. The molecule has 0 saturated carbocycles. The molecule has 0 atom stereocenters. The highest BCUT2D eigenvalue weighted by Gasteiger charge is 2.21. The number of benzene rings is 8. The van der Waals surface area contributed by atoms with Crippen LogP contribution in [0.15, 0.2) is 176 Å². The zero-order valence-corrected chi connectivity index (χ0v) is 27.1. The van der Waals surface area contributed by atoms with Gasteiger partial charge in [-0.3, -0.25) is 0 Å². The number of para-hydroxylation sites is 3. The third-order valence-electron chi connectivity index (χ3n) is 10.5. The minimum Gasteiger partial charge on any atom is -0.309 e. The van der Waals surface area contributed by atoms with Crippen LogP contribution >= 0.6 is 0 Å². The minimum absolute atomic E-state index is 0.972. The van der Waals surface area contributed by atoms with Crippen LogP contribution in [0.4, 0.5) is 0 Å². The van der Waals surface area contributed by atoms with Crippen LogP contribution in [0.1, 0.15) is 0 Å². The summed E-state index contributed by atoms with van der Waals surface area (Å²) in [5.74, 6) is 0. The summed E-state index contributed by atoms with van der Waals surface area (Å²) in [4.78, 5) is 5.42. The molecule has 0 aliphatic heterocycles. The van der Waals surface area contributed by atoms with Crippen molar-refractivity contribution >= 4 is 76.1 Å². The lowest BCUT2D eigenvalue weighted by molar-refractivity contribution is 1.17. The fourth-order valence-electron chi connectivity index (χ4n) is 8.36. The van der Waals surface area contributed by atoms with Gasteiger partial charge in [-0.1, -0.05) is 109 Å². The average Bonchev–Trinajstić information content (AvgIpc) is 3.71. The number of hydrogen-bond donors (Lipinski definition) is 0. The molecule has 0 bridgehead atoms. The molecule has 0 saturated heterocycles. The van der Waals surface area contributed by atoms with E-state index in [2.05, 4.69) is 185 Å². The minimum atomic E-state index is 0.972. The number of pyridine rings is 1. The first kappa shape index (κ1) is 27.3. The Kier molecular flexibility index (Phi) is 5.67. The molecule has 8 aromatic carbocycles. The molecule has 3 aromatic heterocycles. The van der Waals surface area contributed by atoms with Gasteiger partial charge in [0, 0.05) is 49.3 Å². The van der Waals surface area contributed by atoms with Gasteiger partial charge in [-0.15, -0.1) is 0 Å². The van der Waals surface area contributed by atoms with Crippen molar-refractivity contribution in [2.45, 2.75) is 0 Å². The Morgan fingerprint density at radius 3 is 1.42 bits per heavy atom. The summed E-state index contributed by atoms with van der Waals surface area (Å²) in [5, 5.41) is 11.1. The van der Waals surface area contributed by atoms with Crippen LogP contribution in [0, 0.1) is 0 Å². The maximum absolute atomic E-state index is 5.42. The maximum atomic E-state index is 5.42. The van der Waals surface area contributed by atoms with Crippen molar-refractivity contribution in [3.63, 3.8) is 0 Å². The Bertz CT molecular complexity index is 3100. The third-order valence-corrected chi connectivity index (χ3v) is 10.5. The Balaban J connectivity index is 1.25. The molecule has 3 heterocycles. The summed E-state index contributed by atoms with van der Waals surface area (Å²) < 4.78 is 4.82. The quantitative estimate of drug-likeness (QED) is 0.177. The van der Waals surface area contributed by atoms with Gasteiger partial charge in [-0.25, -0.2) is 4.98 Å². The van der Waals surface area contributed by atoms with Crippen molar-refractivity contribution in [2.24, 2.45) is 0 Å². The SMILES string of the molecule is c1ccc(-n2c3ccccc3c3c4c5cc(-c6ccc7c8ccccc8c8ccccc8c7n6)ccc5n(-c5ccccc5)c4ccc32)cc1. The normalized spacial score (nSPS) is 12.0. The first-order valence-electron chi connectivity index (χ1n) is 17.2. The summed E-state index contributed by atoms with van der Waals surface area (Å²) in [7, 11) is 0. The van der Waals surface area contributed by atoms with Crippen molar-refractivity contribution < 1.29 is 0 Å². The zero-order valence-electron chi connectivity index (χ0n) is 27.1. The standard InChI is InChI=1S/C47H29N3/c1-3-13-31(14-4-1)49-41-22-12-11-21-38(41)45-43(49)27-28-44-46(45)39-29-30(23-26-42(39)50(44)32-15-5-2-6-16-32)40-25-24-37-35-19-8-7-17-33(35)34-18-9-10-20-36(34)47(37)48-40/h1-29H. The van der Waals surface area contributed by atoms with Crippen LogP contribution in [0.2, 0.25) is 0 Å². The Hall–Kier alpha value is -6.71. The van der Waals surface area contributed by atoms with E-state index in [0.717, 1.165) is 28.1 Å². The number of fused-ring (bicyclic) bond motifs is 13. The van der Waals surface area contributed by atoms with Crippen LogP contribution in [0.5, 0.6) is 0 Å². The van der Waals surface area contributed by atoms with E-state index in [0.29, 0.717) is 0 Å². The van der Waals surface area contributed by atoms with Crippen LogP contribution in [0.25, 0.3) is 98.7 Å². The number of nitrogens with zero attached hydrogens (tertiary/aromatic N) is 3. The Morgan fingerprint density at radius 2 is 0.780 bits per heavy atom. The van der Waals surface area contributed by atoms with Crippen LogP contribution in [-0.2, 0) is 0 Å². The van der Waals surface area contributed by atoms with E-state index in [1.165, 1.54) is 70.5 Å². The first-order chi connectivity index (χ1) is 24.8. The van der Waals surface area contributed by atoms with E-state index in [1.54, 1.807) is 0 Å². The molecule has 0 amide bonds.